The molecule has 0 aliphatic rings. The highest BCUT2D eigenvalue weighted by molar-refractivity contribution is 5.64. The van der Waals surface area contributed by atoms with Gasteiger partial charge in [-0.05, 0) is 62.6 Å². The molecule has 26 heavy (non-hydrogen) atoms. The molecule has 0 amide bonds. The average molecular weight is 358 g/mol. The fraction of sp³-hybridized carbons (Fsp3) is 0.429. The first-order valence-corrected chi connectivity index (χ1v) is 8.83. The van der Waals surface area contributed by atoms with Crippen LogP contribution >= 0.6 is 0 Å². The van der Waals surface area contributed by atoms with Crippen molar-refractivity contribution in [3.05, 3.63) is 53.1 Å². The Hall–Kier alpha value is -2.24. The second-order valence-corrected chi connectivity index (χ2v) is 7.52. The summed E-state index contributed by atoms with van der Waals surface area (Å²) < 4.78 is 5.16. The number of hydrogen-bond acceptors (Lipinski definition) is 5. The van der Waals surface area contributed by atoms with Gasteiger partial charge in [-0.3, -0.25) is 0 Å². The van der Waals surface area contributed by atoms with Crippen molar-refractivity contribution in [2.75, 3.05) is 19.0 Å². The maximum Gasteiger partial charge on any atom is 0.138 e. The molecular weight excluding hydrogens is 328 g/mol. The van der Waals surface area contributed by atoms with Gasteiger partial charge in [-0.15, -0.1) is 0 Å². The molecule has 2 aromatic rings. The molecule has 0 spiro atoms. The number of β-amino-alcohol motifs (C(OH)–C–C–N with tert-alkyl or cyclic N) is 1. The first-order chi connectivity index (χ1) is 12.2. The molecule has 5 heteroatoms. The molecule has 0 aliphatic carbocycles. The SMILES string of the molecule is COc1ccc(CNc2c(O)ccc(C(O)CNC(C)(C)C)c2C)cc1. The smallest absolute Gasteiger partial charge is 0.138 e. The molecule has 2 aromatic carbocycles. The third kappa shape index (κ3) is 5.38. The van der Waals surface area contributed by atoms with E-state index in [0.29, 0.717) is 18.8 Å². The first kappa shape index (κ1) is 20.1. The second-order valence-electron chi connectivity index (χ2n) is 7.52. The van der Waals surface area contributed by atoms with Crippen LogP contribution in [0.1, 0.15) is 43.6 Å². The van der Waals surface area contributed by atoms with E-state index in [0.717, 1.165) is 22.4 Å². The summed E-state index contributed by atoms with van der Waals surface area (Å²) in [6.07, 6.45) is -0.642. The zero-order chi connectivity index (χ0) is 19.3. The zero-order valence-electron chi connectivity index (χ0n) is 16.3. The van der Waals surface area contributed by atoms with Crippen LogP contribution in [0, 0.1) is 6.92 Å². The van der Waals surface area contributed by atoms with Crippen LogP contribution in [0.2, 0.25) is 0 Å². The summed E-state index contributed by atoms with van der Waals surface area (Å²) in [4.78, 5) is 0. The molecule has 1 atom stereocenters. The van der Waals surface area contributed by atoms with E-state index in [9.17, 15) is 10.2 Å². The molecule has 142 valence electrons. The van der Waals surface area contributed by atoms with E-state index < -0.39 is 6.10 Å². The fourth-order valence-electron chi connectivity index (χ4n) is 2.74. The van der Waals surface area contributed by atoms with Gasteiger partial charge in [0.15, 0.2) is 0 Å². The van der Waals surface area contributed by atoms with Crippen LogP contribution in [0.5, 0.6) is 11.5 Å². The van der Waals surface area contributed by atoms with Crippen LogP contribution in [-0.2, 0) is 6.54 Å². The molecule has 0 saturated carbocycles. The lowest BCUT2D eigenvalue weighted by Crippen LogP contribution is -2.38. The zero-order valence-corrected chi connectivity index (χ0v) is 16.3. The monoisotopic (exact) mass is 358 g/mol. The van der Waals surface area contributed by atoms with Crippen LogP contribution in [0.25, 0.3) is 0 Å². The van der Waals surface area contributed by atoms with Gasteiger partial charge in [0, 0.05) is 18.6 Å². The minimum atomic E-state index is -0.642. The molecule has 5 nitrogen and oxygen atoms in total. The molecule has 0 heterocycles. The number of hydrogen-bond donors (Lipinski definition) is 4. The van der Waals surface area contributed by atoms with Crippen molar-refractivity contribution in [2.45, 2.75) is 45.9 Å². The number of aromatic hydroxyl groups is 1. The highest BCUT2D eigenvalue weighted by Crippen LogP contribution is 2.33. The van der Waals surface area contributed by atoms with Crippen LogP contribution < -0.4 is 15.4 Å². The van der Waals surface area contributed by atoms with E-state index in [-0.39, 0.29) is 11.3 Å². The van der Waals surface area contributed by atoms with Crippen LogP contribution in [0.15, 0.2) is 36.4 Å². The third-order valence-corrected chi connectivity index (χ3v) is 4.30. The Morgan fingerprint density at radius 2 is 1.73 bits per heavy atom. The maximum atomic E-state index is 10.5. The van der Waals surface area contributed by atoms with Crippen molar-refractivity contribution in [3.63, 3.8) is 0 Å². The van der Waals surface area contributed by atoms with Gasteiger partial charge in [-0.1, -0.05) is 18.2 Å². The Morgan fingerprint density at radius 1 is 1.08 bits per heavy atom. The molecule has 0 aromatic heterocycles. The van der Waals surface area contributed by atoms with E-state index >= 15 is 0 Å². The lowest BCUT2D eigenvalue weighted by molar-refractivity contribution is 0.162. The Labute approximate surface area is 156 Å². The van der Waals surface area contributed by atoms with Gasteiger partial charge in [0.25, 0.3) is 0 Å². The molecular formula is C21H30N2O3. The summed E-state index contributed by atoms with van der Waals surface area (Å²) in [5.41, 5.74) is 3.30. The summed E-state index contributed by atoms with van der Waals surface area (Å²) in [5, 5.41) is 27.4. The Balaban J connectivity index is 2.12. The van der Waals surface area contributed by atoms with Crippen molar-refractivity contribution >= 4 is 5.69 Å². The Morgan fingerprint density at radius 3 is 2.31 bits per heavy atom. The summed E-state index contributed by atoms with van der Waals surface area (Å²) in [5.74, 6) is 0.986. The second kappa shape index (κ2) is 8.43. The highest BCUT2D eigenvalue weighted by Gasteiger charge is 2.18. The number of aliphatic hydroxyl groups is 1. The summed E-state index contributed by atoms with van der Waals surface area (Å²) in [7, 11) is 1.64. The Kier molecular flexibility index (Phi) is 6.51. The highest BCUT2D eigenvalue weighted by atomic mass is 16.5. The van der Waals surface area contributed by atoms with Crippen molar-refractivity contribution in [1.29, 1.82) is 0 Å². The normalized spacial score (nSPS) is 12.7. The number of anilines is 1. The number of aliphatic hydroxyl groups excluding tert-OH is 1. The first-order valence-electron chi connectivity index (χ1n) is 8.83. The van der Waals surface area contributed by atoms with E-state index in [1.54, 1.807) is 19.2 Å². The van der Waals surface area contributed by atoms with Crippen molar-refractivity contribution in [3.8, 4) is 11.5 Å². The van der Waals surface area contributed by atoms with Gasteiger partial charge in [-0.25, -0.2) is 0 Å². The fourth-order valence-corrected chi connectivity index (χ4v) is 2.74. The number of phenols is 1. The Bertz CT molecular complexity index is 721. The number of phenolic OH excluding ortho intramolecular Hbond substituents is 1. The molecule has 0 radical (unpaired) electrons. The van der Waals surface area contributed by atoms with Gasteiger partial charge < -0.3 is 25.6 Å². The standard InChI is InChI=1S/C21H30N2O3/c1-14-17(19(25)13-23-21(2,3)4)10-11-18(24)20(14)22-12-15-6-8-16(26-5)9-7-15/h6-11,19,22-25H,12-13H2,1-5H3. The van der Waals surface area contributed by atoms with Crippen molar-refractivity contribution in [2.24, 2.45) is 0 Å². The minimum Gasteiger partial charge on any atom is -0.506 e. The third-order valence-electron chi connectivity index (χ3n) is 4.30. The number of ether oxygens (including phenoxy) is 1. The van der Waals surface area contributed by atoms with Crippen LogP contribution in [0.3, 0.4) is 0 Å². The van der Waals surface area contributed by atoms with Gasteiger partial charge in [0.2, 0.25) is 0 Å². The number of benzene rings is 2. The van der Waals surface area contributed by atoms with E-state index in [4.69, 9.17) is 4.74 Å². The van der Waals surface area contributed by atoms with Crippen molar-refractivity contribution < 1.29 is 14.9 Å². The lowest BCUT2D eigenvalue weighted by Gasteiger charge is -2.24. The predicted octanol–water partition coefficient (Wildman–Crippen LogP) is 3.74. The van der Waals surface area contributed by atoms with E-state index in [1.165, 1.54) is 0 Å². The molecule has 0 fully saturated rings. The number of rotatable bonds is 7. The van der Waals surface area contributed by atoms with Gasteiger partial charge >= 0.3 is 0 Å². The number of nitrogens with one attached hydrogen (secondary N) is 2. The summed E-state index contributed by atoms with van der Waals surface area (Å²) >= 11 is 0. The molecule has 2 rings (SSSR count). The maximum absolute atomic E-state index is 10.5. The van der Waals surface area contributed by atoms with Crippen LogP contribution in [0.4, 0.5) is 5.69 Å². The van der Waals surface area contributed by atoms with Crippen LogP contribution in [-0.4, -0.2) is 29.4 Å². The predicted molar refractivity (Wildman–Crippen MR) is 106 cm³/mol. The summed E-state index contributed by atoms with van der Waals surface area (Å²) in [6.45, 7) is 9.11. The molecule has 4 N–H and O–H groups in total. The largest absolute Gasteiger partial charge is 0.506 e. The molecule has 0 aliphatic heterocycles. The number of methoxy groups -OCH3 is 1. The molecule has 0 bridgehead atoms. The molecule has 1 unspecified atom stereocenters. The van der Waals surface area contributed by atoms with Gasteiger partial charge in [0.05, 0.1) is 18.9 Å². The minimum absolute atomic E-state index is 0.0682. The van der Waals surface area contributed by atoms with E-state index in [1.807, 2.05) is 31.2 Å². The van der Waals surface area contributed by atoms with Gasteiger partial charge in [-0.2, -0.15) is 0 Å². The lowest BCUT2D eigenvalue weighted by atomic mass is 9.99. The van der Waals surface area contributed by atoms with Gasteiger partial charge in [0.1, 0.15) is 11.5 Å². The topological polar surface area (TPSA) is 73.8 Å². The average Bonchev–Trinajstić information content (AvgIpc) is 2.59. The quantitative estimate of drug-likeness (QED) is 0.568. The summed E-state index contributed by atoms with van der Waals surface area (Å²) in [6, 6.07) is 11.2. The molecule has 0 saturated heterocycles. The van der Waals surface area contributed by atoms with Crippen molar-refractivity contribution in [1.82, 2.24) is 5.32 Å². The van der Waals surface area contributed by atoms with E-state index in [2.05, 4.69) is 31.4 Å².